The topological polar surface area (TPSA) is 26.3 Å². The fourth-order valence-corrected chi connectivity index (χ4v) is 9.78. The molecule has 0 fully saturated rings. The van der Waals surface area contributed by atoms with E-state index in [0.29, 0.717) is 0 Å². The lowest BCUT2D eigenvalue weighted by atomic mass is 9.85. The molecule has 2 heterocycles. The van der Waals surface area contributed by atoms with Crippen LogP contribution < -0.4 is 0 Å². The van der Waals surface area contributed by atoms with Crippen LogP contribution in [0.5, 0.6) is 0 Å². The lowest BCUT2D eigenvalue weighted by Gasteiger charge is -2.18. The molecule has 2 heteroatoms. The van der Waals surface area contributed by atoms with Crippen molar-refractivity contribution in [3.05, 3.63) is 194 Å². The van der Waals surface area contributed by atoms with E-state index < -0.39 is 0 Å². The summed E-state index contributed by atoms with van der Waals surface area (Å²) in [5.74, 6) is 0. The third-order valence-corrected chi connectivity index (χ3v) is 12.4. The van der Waals surface area contributed by atoms with Gasteiger partial charge in [-0.15, -0.1) is 0 Å². The minimum atomic E-state index is 0.794. The number of rotatable bonds is 3. The third kappa shape index (κ3) is 4.48. The van der Waals surface area contributed by atoms with Crippen LogP contribution in [0.15, 0.2) is 203 Å². The average Bonchev–Trinajstić information content (AvgIpc) is 3.86. The molecular formula is C56H32O2. The maximum atomic E-state index is 6.75. The molecule has 0 spiro atoms. The first-order valence-corrected chi connectivity index (χ1v) is 19.9. The van der Waals surface area contributed by atoms with Crippen LogP contribution in [0, 0.1) is 0 Å². The van der Waals surface area contributed by atoms with Crippen molar-refractivity contribution in [3.8, 4) is 33.4 Å². The van der Waals surface area contributed by atoms with Crippen molar-refractivity contribution in [1.82, 2.24) is 0 Å². The molecule has 13 rings (SSSR count). The van der Waals surface area contributed by atoms with E-state index in [2.05, 4.69) is 182 Å². The van der Waals surface area contributed by atoms with Gasteiger partial charge in [0.15, 0.2) is 11.2 Å². The van der Waals surface area contributed by atoms with Gasteiger partial charge in [-0.1, -0.05) is 152 Å². The quantitative estimate of drug-likeness (QED) is 0.169. The van der Waals surface area contributed by atoms with Crippen LogP contribution in [0.3, 0.4) is 0 Å². The third-order valence-electron chi connectivity index (χ3n) is 12.4. The second-order valence-corrected chi connectivity index (χ2v) is 15.5. The molecule has 0 unspecified atom stereocenters. The monoisotopic (exact) mass is 736 g/mol. The van der Waals surface area contributed by atoms with Gasteiger partial charge in [-0.25, -0.2) is 0 Å². The van der Waals surface area contributed by atoms with Crippen LogP contribution in [-0.4, -0.2) is 0 Å². The van der Waals surface area contributed by atoms with Gasteiger partial charge in [0.2, 0.25) is 0 Å². The van der Waals surface area contributed by atoms with Crippen LogP contribution >= 0.6 is 0 Å². The Morgan fingerprint density at radius 3 is 1.38 bits per heavy atom. The van der Waals surface area contributed by atoms with Crippen molar-refractivity contribution in [2.24, 2.45) is 0 Å². The van der Waals surface area contributed by atoms with E-state index >= 15 is 0 Å². The molecule has 0 atom stereocenters. The van der Waals surface area contributed by atoms with Crippen molar-refractivity contribution in [2.45, 2.75) is 0 Å². The zero-order valence-electron chi connectivity index (χ0n) is 31.3. The van der Waals surface area contributed by atoms with Crippen LogP contribution in [0.1, 0.15) is 0 Å². The maximum absolute atomic E-state index is 6.75. The number of benzene rings is 11. The highest BCUT2D eigenvalue weighted by molar-refractivity contribution is 6.27. The first kappa shape index (κ1) is 31.5. The van der Waals surface area contributed by atoms with Crippen molar-refractivity contribution in [1.29, 1.82) is 0 Å². The standard InChI is InChI=1S/C56H32O2/c1-2-12-34-30-38(25-21-33(34)11-1)52-43-16-5-7-18-45(43)53(46-19-8-6-17-44(46)52)39-26-23-35-29-37(24-22-36(35)31-39)49-32-51-54(42-15-4-3-13-40(42)49)48-28-27-47-41-14-9-10-20-50(41)57-55(47)56(48)58-51/h1-32H. The molecule has 11 aromatic carbocycles. The summed E-state index contributed by atoms with van der Waals surface area (Å²) in [6, 6.07) is 70.6. The molecule has 0 aliphatic rings. The van der Waals surface area contributed by atoms with E-state index in [1.807, 2.05) is 12.1 Å². The lowest BCUT2D eigenvalue weighted by molar-refractivity contribution is 0.633. The Hall–Kier alpha value is -7.68. The molecular weight excluding hydrogens is 705 g/mol. The zero-order valence-corrected chi connectivity index (χ0v) is 31.3. The maximum Gasteiger partial charge on any atom is 0.178 e. The molecule has 0 radical (unpaired) electrons. The Balaban J connectivity index is 0.978. The molecule has 0 aliphatic carbocycles. The summed E-state index contributed by atoms with van der Waals surface area (Å²) >= 11 is 0. The first-order valence-electron chi connectivity index (χ1n) is 19.9. The summed E-state index contributed by atoms with van der Waals surface area (Å²) in [6.07, 6.45) is 0. The SMILES string of the molecule is c1ccc2cc(-c3c4ccccc4c(-c4ccc5cc(-c6cc7oc8c(ccc9c%10ccccc%10oc98)c7c7ccccc67)ccc5c4)c4ccccc34)ccc2c1. The first-order chi connectivity index (χ1) is 28.7. The second kappa shape index (κ2) is 11.9. The molecule has 0 aliphatic heterocycles. The predicted molar refractivity (Wildman–Crippen MR) is 245 cm³/mol. The van der Waals surface area contributed by atoms with Crippen molar-refractivity contribution in [2.75, 3.05) is 0 Å². The Labute approximate surface area is 332 Å². The minimum absolute atomic E-state index is 0.794. The fraction of sp³-hybridized carbons (Fsp3) is 0. The van der Waals surface area contributed by atoms with Crippen molar-refractivity contribution in [3.63, 3.8) is 0 Å². The van der Waals surface area contributed by atoms with Gasteiger partial charge in [0, 0.05) is 21.5 Å². The van der Waals surface area contributed by atoms with Crippen LogP contribution in [0.4, 0.5) is 0 Å². The fourth-order valence-electron chi connectivity index (χ4n) is 9.78. The summed E-state index contributed by atoms with van der Waals surface area (Å²) in [6.45, 7) is 0. The summed E-state index contributed by atoms with van der Waals surface area (Å²) in [7, 11) is 0. The van der Waals surface area contributed by atoms with E-state index in [1.165, 1.54) is 76.1 Å². The summed E-state index contributed by atoms with van der Waals surface area (Å²) in [5.41, 5.74) is 10.6. The lowest BCUT2D eigenvalue weighted by Crippen LogP contribution is -1.91. The van der Waals surface area contributed by atoms with Crippen LogP contribution in [-0.2, 0) is 0 Å². The smallest absolute Gasteiger partial charge is 0.178 e. The Bertz CT molecular complexity index is 3800. The summed E-state index contributed by atoms with van der Waals surface area (Å²) in [4.78, 5) is 0. The van der Waals surface area contributed by atoms with Crippen molar-refractivity contribution < 1.29 is 8.83 Å². The highest BCUT2D eigenvalue weighted by atomic mass is 16.4. The van der Waals surface area contributed by atoms with Gasteiger partial charge < -0.3 is 8.83 Å². The van der Waals surface area contributed by atoms with Gasteiger partial charge in [0.25, 0.3) is 0 Å². The molecule has 0 saturated heterocycles. The molecule has 0 N–H and O–H groups in total. The number of para-hydroxylation sites is 1. The van der Waals surface area contributed by atoms with Crippen LogP contribution in [0.2, 0.25) is 0 Å². The molecule has 58 heavy (non-hydrogen) atoms. The van der Waals surface area contributed by atoms with Gasteiger partial charge in [-0.2, -0.15) is 0 Å². The molecule has 2 aromatic heterocycles. The van der Waals surface area contributed by atoms with E-state index in [-0.39, 0.29) is 0 Å². The molecule has 0 bridgehead atoms. The highest BCUT2D eigenvalue weighted by Crippen LogP contribution is 2.46. The molecule has 268 valence electrons. The minimum Gasteiger partial charge on any atom is -0.452 e. The second-order valence-electron chi connectivity index (χ2n) is 15.5. The Morgan fingerprint density at radius 2 is 0.707 bits per heavy atom. The van der Waals surface area contributed by atoms with E-state index in [1.54, 1.807) is 0 Å². The normalized spacial score (nSPS) is 12.1. The van der Waals surface area contributed by atoms with Gasteiger partial charge in [-0.3, -0.25) is 0 Å². The zero-order chi connectivity index (χ0) is 37.9. The molecule has 0 saturated carbocycles. The molecule has 0 amide bonds. The number of furan rings is 2. The number of hydrogen-bond donors (Lipinski definition) is 0. The largest absolute Gasteiger partial charge is 0.452 e. The molecule has 2 nitrogen and oxygen atoms in total. The predicted octanol–water partition coefficient (Wildman–Crippen LogP) is 16.3. The van der Waals surface area contributed by atoms with E-state index in [9.17, 15) is 0 Å². The Morgan fingerprint density at radius 1 is 0.259 bits per heavy atom. The number of hydrogen-bond acceptors (Lipinski definition) is 2. The summed E-state index contributed by atoms with van der Waals surface area (Å²) in [5, 5.41) is 16.7. The Kier molecular flexibility index (Phi) is 6.47. The highest BCUT2D eigenvalue weighted by Gasteiger charge is 2.21. The number of fused-ring (bicyclic) bond motifs is 13. The van der Waals surface area contributed by atoms with E-state index in [0.717, 1.165) is 55.0 Å². The van der Waals surface area contributed by atoms with Gasteiger partial charge >= 0.3 is 0 Å². The van der Waals surface area contributed by atoms with Gasteiger partial charge in [0.05, 0.1) is 0 Å². The molecule has 13 aromatic rings. The van der Waals surface area contributed by atoms with Gasteiger partial charge in [-0.05, 0) is 130 Å². The van der Waals surface area contributed by atoms with Crippen molar-refractivity contribution >= 4 is 97.7 Å². The summed E-state index contributed by atoms with van der Waals surface area (Å²) < 4.78 is 13.2. The van der Waals surface area contributed by atoms with Crippen LogP contribution in [0.25, 0.3) is 131 Å². The average molecular weight is 737 g/mol. The van der Waals surface area contributed by atoms with E-state index in [4.69, 9.17) is 8.83 Å². The van der Waals surface area contributed by atoms with Gasteiger partial charge in [0.1, 0.15) is 11.2 Å².